The van der Waals surface area contributed by atoms with Gasteiger partial charge in [0.1, 0.15) is 0 Å². The number of rotatable bonds is 1. The van der Waals surface area contributed by atoms with E-state index in [9.17, 15) is 4.79 Å². The standard InChI is InChI=1S/C5H10O3.CH6Si/c1-5(2,7)4(6)8-3;1-2/h7H,1-3H3;1-2H3. The van der Waals surface area contributed by atoms with Gasteiger partial charge < -0.3 is 9.84 Å². The Hall–Kier alpha value is -0.353. The maximum Gasteiger partial charge on any atom is 0.337 e. The highest BCUT2D eigenvalue weighted by Crippen LogP contribution is 2.01. The van der Waals surface area contributed by atoms with E-state index in [0.29, 0.717) is 0 Å². The molecular weight excluding hydrogens is 148 g/mol. The number of hydrogen-bond acceptors (Lipinski definition) is 3. The van der Waals surface area contributed by atoms with Gasteiger partial charge in [0.15, 0.2) is 5.60 Å². The zero-order chi connectivity index (χ0) is 8.78. The first-order chi connectivity index (χ1) is 4.48. The molecule has 0 heterocycles. The number of hydrogen-bond donors (Lipinski definition) is 1. The van der Waals surface area contributed by atoms with Gasteiger partial charge in [-0.3, -0.25) is 0 Å². The van der Waals surface area contributed by atoms with Gasteiger partial charge >= 0.3 is 5.97 Å². The topological polar surface area (TPSA) is 46.5 Å². The van der Waals surface area contributed by atoms with Gasteiger partial charge in [-0.15, -0.1) is 0 Å². The SMILES string of the molecule is COC(=O)C(C)(C)O.C[SiH3]. The van der Waals surface area contributed by atoms with Gasteiger partial charge in [0, 0.05) is 0 Å². The summed E-state index contributed by atoms with van der Waals surface area (Å²) in [6.07, 6.45) is 0. The van der Waals surface area contributed by atoms with E-state index in [1.54, 1.807) is 0 Å². The van der Waals surface area contributed by atoms with E-state index < -0.39 is 11.6 Å². The second-order valence-corrected chi connectivity index (χ2v) is 2.05. The summed E-state index contributed by atoms with van der Waals surface area (Å²) in [6.45, 7) is 4.89. The average molecular weight is 164 g/mol. The Morgan fingerprint density at radius 3 is 1.80 bits per heavy atom. The van der Waals surface area contributed by atoms with Crippen molar-refractivity contribution in [1.29, 1.82) is 0 Å². The normalized spacial score (nSPS) is 9.70. The van der Waals surface area contributed by atoms with Gasteiger partial charge in [0.2, 0.25) is 0 Å². The van der Waals surface area contributed by atoms with Crippen LogP contribution in [-0.4, -0.2) is 34.0 Å². The minimum absolute atomic E-state index is 0.613. The molecule has 4 heteroatoms. The summed E-state index contributed by atoms with van der Waals surface area (Å²) in [4.78, 5) is 10.4. The Morgan fingerprint density at radius 1 is 1.50 bits per heavy atom. The first-order valence-electron chi connectivity index (χ1n) is 3.29. The first-order valence-corrected chi connectivity index (χ1v) is 5.29. The number of carbonyl (C=O) groups excluding carboxylic acids is 1. The summed E-state index contributed by atoms with van der Waals surface area (Å²) in [5, 5.41) is 8.81. The molecule has 0 radical (unpaired) electrons. The molecule has 0 fully saturated rings. The zero-order valence-corrected chi connectivity index (χ0v) is 9.26. The smallest absolute Gasteiger partial charge is 0.337 e. The van der Waals surface area contributed by atoms with Crippen molar-refractivity contribution < 1.29 is 14.6 Å². The van der Waals surface area contributed by atoms with Crippen LogP contribution in [0.5, 0.6) is 0 Å². The maximum absolute atomic E-state index is 10.4. The van der Waals surface area contributed by atoms with Crippen LogP contribution in [0.15, 0.2) is 0 Å². The van der Waals surface area contributed by atoms with E-state index in [4.69, 9.17) is 5.11 Å². The van der Waals surface area contributed by atoms with Crippen LogP contribution in [-0.2, 0) is 9.53 Å². The predicted octanol–water partition coefficient (Wildman–Crippen LogP) is -0.670. The third-order valence-electron chi connectivity index (χ3n) is 0.685. The number of carbonyl (C=O) groups is 1. The van der Waals surface area contributed by atoms with Crippen LogP contribution in [0.25, 0.3) is 0 Å². The molecule has 62 valence electrons. The highest BCUT2D eigenvalue weighted by Gasteiger charge is 2.23. The number of esters is 1. The van der Waals surface area contributed by atoms with Crippen LogP contribution in [0, 0.1) is 0 Å². The van der Waals surface area contributed by atoms with Crippen LogP contribution in [0.2, 0.25) is 6.55 Å². The molecule has 0 aromatic rings. The molecule has 0 aliphatic carbocycles. The maximum atomic E-state index is 10.4. The fourth-order valence-electron chi connectivity index (χ4n) is 0.250. The average Bonchev–Trinajstić information content (AvgIpc) is 1.89. The van der Waals surface area contributed by atoms with Crippen molar-refractivity contribution >= 4 is 16.2 Å². The molecule has 3 nitrogen and oxygen atoms in total. The van der Waals surface area contributed by atoms with E-state index in [1.807, 2.05) is 0 Å². The highest BCUT2D eigenvalue weighted by molar-refractivity contribution is 6.05. The summed E-state index contributed by atoms with van der Waals surface area (Å²) >= 11 is 0. The molecule has 10 heavy (non-hydrogen) atoms. The predicted molar refractivity (Wildman–Crippen MR) is 44.1 cm³/mol. The minimum atomic E-state index is -1.35. The molecule has 0 atom stereocenters. The quantitative estimate of drug-likeness (QED) is 0.413. The molecule has 0 saturated heterocycles. The van der Waals surface area contributed by atoms with E-state index in [1.165, 1.54) is 31.2 Å². The lowest BCUT2D eigenvalue weighted by molar-refractivity contribution is -0.158. The Morgan fingerprint density at radius 2 is 1.80 bits per heavy atom. The van der Waals surface area contributed by atoms with Gasteiger partial charge in [0.25, 0.3) is 0 Å². The van der Waals surface area contributed by atoms with Crippen molar-refractivity contribution in [3.63, 3.8) is 0 Å². The summed E-state index contributed by atoms with van der Waals surface area (Å²) < 4.78 is 4.23. The van der Waals surface area contributed by atoms with Crippen molar-refractivity contribution in [2.75, 3.05) is 7.11 Å². The van der Waals surface area contributed by atoms with Crippen molar-refractivity contribution in [2.24, 2.45) is 0 Å². The van der Waals surface area contributed by atoms with Gasteiger partial charge in [-0.25, -0.2) is 4.79 Å². The number of methoxy groups -OCH3 is 1. The first kappa shape index (κ1) is 12.3. The van der Waals surface area contributed by atoms with Crippen LogP contribution in [0.1, 0.15) is 13.8 Å². The lowest BCUT2D eigenvalue weighted by Gasteiger charge is -2.12. The van der Waals surface area contributed by atoms with Crippen LogP contribution in [0.4, 0.5) is 0 Å². The molecule has 1 N–H and O–H groups in total. The highest BCUT2D eigenvalue weighted by atomic mass is 28.1. The van der Waals surface area contributed by atoms with E-state index in [-0.39, 0.29) is 0 Å². The van der Waals surface area contributed by atoms with E-state index >= 15 is 0 Å². The summed E-state index contributed by atoms with van der Waals surface area (Å²) in [5.41, 5.74) is -1.35. The van der Waals surface area contributed by atoms with Crippen LogP contribution in [0.3, 0.4) is 0 Å². The molecule has 0 aliphatic rings. The second-order valence-electron chi connectivity index (χ2n) is 2.05. The monoisotopic (exact) mass is 164 g/mol. The third-order valence-corrected chi connectivity index (χ3v) is 0.685. The molecule has 0 aliphatic heterocycles. The van der Waals surface area contributed by atoms with Crippen molar-refractivity contribution in [2.45, 2.75) is 26.0 Å². The number of aliphatic hydroxyl groups is 1. The lowest BCUT2D eigenvalue weighted by atomic mass is 10.1. The van der Waals surface area contributed by atoms with E-state index in [0.717, 1.165) is 0 Å². The minimum Gasteiger partial charge on any atom is -0.467 e. The molecular formula is C6H16O3Si. The van der Waals surface area contributed by atoms with E-state index in [2.05, 4.69) is 11.3 Å². The molecule has 0 unspecified atom stereocenters. The van der Waals surface area contributed by atoms with Gasteiger partial charge in [-0.05, 0) is 24.1 Å². The van der Waals surface area contributed by atoms with Crippen molar-refractivity contribution in [3.8, 4) is 0 Å². The van der Waals surface area contributed by atoms with Crippen molar-refractivity contribution in [3.05, 3.63) is 0 Å². The molecule has 0 bridgehead atoms. The summed E-state index contributed by atoms with van der Waals surface area (Å²) in [7, 11) is 2.54. The summed E-state index contributed by atoms with van der Waals surface area (Å²) in [6, 6.07) is 0. The van der Waals surface area contributed by atoms with Gasteiger partial charge in [-0.2, -0.15) is 0 Å². The van der Waals surface area contributed by atoms with Crippen molar-refractivity contribution in [1.82, 2.24) is 0 Å². The Balaban J connectivity index is 0. The number of ether oxygens (including phenoxy) is 1. The zero-order valence-electron chi connectivity index (χ0n) is 7.26. The fraction of sp³-hybridized carbons (Fsp3) is 0.833. The molecule has 0 aromatic carbocycles. The Labute approximate surface area is 64.8 Å². The summed E-state index contributed by atoms with van der Waals surface area (Å²) in [5.74, 6) is -0.613. The Kier molecular flexibility index (Phi) is 6.70. The second kappa shape index (κ2) is 5.43. The molecule has 0 saturated carbocycles. The van der Waals surface area contributed by atoms with Gasteiger partial charge in [-0.1, -0.05) is 6.55 Å². The van der Waals surface area contributed by atoms with Crippen LogP contribution >= 0.6 is 0 Å². The van der Waals surface area contributed by atoms with Crippen LogP contribution < -0.4 is 0 Å². The lowest BCUT2D eigenvalue weighted by Crippen LogP contribution is -2.31. The molecule has 0 rings (SSSR count). The molecule has 0 aromatic heterocycles. The third kappa shape index (κ3) is 5.78. The largest absolute Gasteiger partial charge is 0.467 e. The molecule has 0 amide bonds. The fourth-order valence-corrected chi connectivity index (χ4v) is 0.250. The molecule has 0 spiro atoms. The Bertz CT molecular complexity index is 95.7. The van der Waals surface area contributed by atoms with Gasteiger partial charge in [0.05, 0.1) is 7.11 Å².